The molecule has 0 radical (unpaired) electrons. The van der Waals surface area contributed by atoms with E-state index in [-0.39, 0.29) is 17.6 Å². The topological polar surface area (TPSA) is 46.2 Å². The molecule has 0 aromatic heterocycles. The van der Waals surface area contributed by atoms with Gasteiger partial charge in [-0.25, -0.2) is 0 Å². The largest absolute Gasteiger partial charge is 0.307 e. The molecule has 1 N–H and O–H groups in total. The fourth-order valence-corrected chi connectivity index (χ4v) is 2.57. The quantitative estimate of drug-likeness (QED) is 0.831. The van der Waals surface area contributed by atoms with Crippen molar-refractivity contribution >= 4 is 11.6 Å². The number of rotatable bonds is 5. The third kappa shape index (κ3) is 7.08. The first-order valence-corrected chi connectivity index (χ1v) is 8.91. The van der Waals surface area contributed by atoms with Crippen LogP contribution in [0.15, 0.2) is 24.3 Å². The lowest BCUT2D eigenvalue weighted by atomic mass is 9.88. The van der Waals surface area contributed by atoms with Gasteiger partial charge in [0.05, 0.1) is 12.0 Å². The SMILES string of the molecule is CC.CC.CC(=O)C(Cc1ccc(C)cc1)C(=O)C1CCCN1. The van der Waals surface area contributed by atoms with Crippen LogP contribution < -0.4 is 5.32 Å². The zero-order valence-electron chi connectivity index (χ0n) is 15.6. The van der Waals surface area contributed by atoms with E-state index in [9.17, 15) is 9.59 Å². The van der Waals surface area contributed by atoms with Gasteiger partial charge >= 0.3 is 0 Å². The summed E-state index contributed by atoms with van der Waals surface area (Å²) >= 11 is 0. The summed E-state index contributed by atoms with van der Waals surface area (Å²) in [7, 11) is 0. The molecule has 1 aliphatic heterocycles. The minimum atomic E-state index is -0.502. The van der Waals surface area contributed by atoms with Crippen molar-refractivity contribution in [2.45, 2.75) is 66.8 Å². The summed E-state index contributed by atoms with van der Waals surface area (Å²) in [6.07, 6.45) is 2.40. The molecule has 1 fully saturated rings. The lowest BCUT2D eigenvalue weighted by Crippen LogP contribution is -2.39. The van der Waals surface area contributed by atoms with Gasteiger partial charge in [-0.1, -0.05) is 57.5 Å². The Balaban J connectivity index is 0.00000112. The third-order valence-electron chi connectivity index (χ3n) is 3.80. The molecule has 1 aliphatic rings. The Morgan fingerprint density at radius 2 is 1.70 bits per heavy atom. The van der Waals surface area contributed by atoms with Crippen LogP contribution >= 0.6 is 0 Å². The van der Waals surface area contributed by atoms with E-state index in [1.807, 2.05) is 58.9 Å². The summed E-state index contributed by atoms with van der Waals surface area (Å²) < 4.78 is 0. The van der Waals surface area contributed by atoms with Crippen molar-refractivity contribution in [1.82, 2.24) is 5.32 Å². The summed E-state index contributed by atoms with van der Waals surface area (Å²) in [6.45, 7) is 12.4. The highest BCUT2D eigenvalue weighted by atomic mass is 16.2. The van der Waals surface area contributed by atoms with Crippen molar-refractivity contribution in [3.63, 3.8) is 0 Å². The zero-order valence-corrected chi connectivity index (χ0v) is 15.6. The van der Waals surface area contributed by atoms with Gasteiger partial charge < -0.3 is 5.32 Å². The first kappa shape index (κ1) is 21.5. The first-order valence-electron chi connectivity index (χ1n) is 8.91. The maximum atomic E-state index is 12.4. The average Bonchev–Trinajstić information content (AvgIpc) is 3.12. The summed E-state index contributed by atoms with van der Waals surface area (Å²) in [6, 6.07) is 7.91. The van der Waals surface area contributed by atoms with Crippen LogP contribution in [-0.2, 0) is 16.0 Å². The number of nitrogens with one attached hydrogen (secondary N) is 1. The molecule has 3 heteroatoms. The number of aryl methyl sites for hydroxylation is 1. The van der Waals surface area contributed by atoms with Crippen molar-refractivity contribution in [3.05, 3.63) is 35.4 Å². The molecule has 0 saturated carbocycles. The maximum absolute atomic E-state index is 12.4. The van der Waals surface area contributed by atoms with Crippen molar-refractivity contribution in [1.29, 1.82) is 0 Å². The lowest BCUT2D eigenvalue weighted by molar-refractivity contribution is -0.132. The van der Waals surface area contributed by atoms with E-state index in [1.54, 1.807) is 0 Å². The first-order chi connectivity index (χ1) is 11.1. The van der Waals surface area contributed by atoms with Crippen molar-refractivity contribution in [2.75, 3.05) is 6.54 Å². The number of Topliss-reactive ketones (excluding diaryl/α,β-unsaturated/α-hetero) is 2. The molecule has 0 bridgehead atoms. The number of hydrogen-bond donors (Lipinski definition) is 1. The van der Waals surface area contributed by atoms with Crippen molar-refractivity contribution in [3.8, 4) is 0 Å². The number of carbonyl (C=O) groups excluding carboxylic acids is 2. The molecule has 0 aliphatic carbocycles. The molecule has 0 amide bonds. The van der Waals surface area contributed by atoms with E-state index in [4.69, 9.17) is 0 Å². The van der Waals surface area contributed by atoms with E-state index >= 15 is 0 Å². The highest BCUT2D eigenvalue weighted by Gasteiger charge is 2.31. The molecule has 3 nitrogen and oxygen atoms in total. The van der Waals surface area contributed by atoms with Crippen LogP contribution in [-0.4, -0.2) is 24.2 Å². The summed E-state index contributed by atoms with van der Waals surface area (Å²) in [5, 5.41) is 3.18. The van der Waals surface area contributed by atoms with Gasteiger partial charge in [0.1, 0.15) is 5.78 Å². The summed E-state index contributed by atoms with van der Waals surface area (Å²) in [4.78, 5) is 24.1. The van der Waals surface area contributed by atoms with E-state index in [1.165, 1.54) is 12.5 Å². The minimum Gasteiger partial charge on any atom is -0.307 e. The van der Waals surface area contributed by atoms with Crippen LogP contribution in [0.25, 0.3) is 0 Å². The molecule has 2 unspecified atom stereocenters. The van der Waals surface area contributed by atoms with E-state index in [2.05, 4.69) is 5.32 Å². The zero-order chi connectivity index (χ0) is 17.8. The Bertz CT molecular complexity index is 459. The van der Waals surface area contributed by atoms with Crippen LogP contribution in [0.1, 0.15) is 58.6 Å². The Morgan fingerprint density at radius 1 is 1.13 bits per heavy atom. The minimum absolute atomic E-state index is 0.0284. The van der Waals surface area contributed by atoms with Gasteiger partial charge in [0.15, 0.2) is 5.78 Å². The molecule has 1 saturated heterocycles. The molecular weight excluding hydrogens is 286 g/mol. The molecule has 2 atom stereocenters. The number of ketones is 2. The van der Waals surface area contributed by atoms with Crippen LogP contribution in [0, 0.1) is 12.8 Å². The third-order valence-corrected chi connectivity index (χ3v) is 3.80. The molecule has 130 valence electrons. The van der Waals surface area contributed by atoms with E-state index < -0.39 is 5.92 Å². The smallest absolute Gasteiger partial charge is 0.160 e. The highest BCUT2D eigenvalue weighted by Crippen LogP contribution is 2.17. The second-order valence-electron chi connectivity index (χ2n) is 5.40. The van der Waals surface area contributed by atoms with E-state index in [0.717, 1.165) is 24.9 Å². The summed E-state index contributed by atoms with van der Waals surface area (Å²) in [5.41, 5.74) is 2.24. The van der Waals surface area contributed by atoms with Gasteiger partial charge in [-0.2, -0.15) is 0 Å². The van der Waals surface area contributed by atoms with Gasteiger partial charge in [0.2, 0.25) is 0 Å². The Morgan fingerprint density at radius 3 is 2.13 bits per heavy atom. The maximum Gasteiger partial charge on any atom is 0.160 e. The molecule has 1 aromatic rings. The van der Waals surface area contributed by atoms with Crippen molar-refractivity contribution in [2.24, 2.45) is 5.92 Å². The number of carbonyl (C=O) groups is 2. The fourth-order valence-electron chi connectivity index (χ4n) is 2.57. The van der Waals surface area contributed by atoms with Crippen LogP contribution in [0.2, 0.25) is 0 Å². The van der Waals surface area contributed by atoms with Crippen LogP contribution in [0.4, 0.5) is 0 Å². The average molecular weight is 319 g/mol. The fraction of sp³-hybridized carbons (Fsp3) is 0.600. The Kier molecular flexibility index (Phi) is 11.2. The molecule has 1 aromatic carbocycles. The number of benzene rings is 1. The van der Waals surface area contributed by atoms with Crippen molar-refractivity contribution < 1.29 is 9.59 Å². The molecular formula is C20H33NO2. The molecule has 2 rings (SSSR count). The standard InChI is InChI=1S/C16H21NO2.2C2H6/c1-11-5-7-13(8-6-11)10-14(12(2)18)16(19)15-4-3-9-17-15;2*1-2/h5-8,14-15,17H,3-4,9-10H2,1-2H3;2*1-2H3. The molecule has 1 heterocycles. The predicted molar refractivity (Wildman–Crippen MR) is 97.8 cm³/mol. The van der Waals surface area contributed by atoms with Gasteiger partial charge in [0, 0.05) is 0 Å². The normalized spacial score (nSPS) is 17.2. The molecule has 0 spiro atoms. The summed E-state index contributed by atoms with van der Waals surface area (Å²) in [5.74, 6) is -0.469. The van der Waals surface area contributed by atoms with Crippen LogP contribution in [0.5, 0.6) is 0 Å². The molecule has 23 heavy (non-hydrogen) atoms. The number of hydrogen-bond acceptors (Lipinski definition) is 3. The Hall–Kier alpha value is -1.48. The second kappa shape index (κ2) is 12.0. The van der Waals surface area contributed by atoms with E-state index in [0.29, 0.717) is 6.42 Å². The monoisotopic (exact) mass is 319 g/mol. The van der Waals surface area contributed by atoms with Gasteiger partial charge in [-0.15, -0.1) is 0 Å². The second-order valence-corrected chi connectivity index (χ2v) is 5.40. The predicted octanol–water partition coefficient (Wildman–Crippen LogP) is 4.12. The lowest BCUT2D eigenvalue weighted by Gasteiger charge is -2.17. The Labute approximate surface area is 141 Å². The van der Waals surface area contributed by atoms with Gasteiger partial charge in [-0.05, 0) is 45.2 Å². The van der Waals surface area contributed by atoms with Gasteiger partial charge in [-0.3, -0.25) is 9.59 Å². The van der Waals surface area contributed by atoms with Gasteiger partial charge in [0.25, 0.3) is 0 Å². The van der Waals surface area contributed by atoms with Crippen LogP contribution in [0.3, 0.4) is 0 Å². The highest BCUT2D eigenvalue weighted by molar-refractivity contribution is 6.04.